The lowest BCUT2D eigenvalue weighted by atomic mass is 9.84. The number of aromatic amines is 1. The molecule has 4 radical (unpaired) electrons. The molecule has 3 N–H and O–H groups in total. The topological polar surface area (TPSA) is 99.3 Å². The van der Waals surface area contributed by atoms with Gasteiger partial charge in [0.15, 0.2) is 0 Å². The van der Waals surface area contributed by atoms with Crippen LogP contribution >= 0.6 is 11.3 Å². The Kier molecular flexibility index (Phi) is 6.71. The van der Waals surface area contributed by atoms with Gasteiger partial charge in [-0.25, -0.2) is 8.42 Å². The van der Waals surface area contributed by atoms with Crippen LogP contribution in [0.25, 0.3) is 10.9 Å². The number of aryl methyl sites for hydroxylation is 1. The summed E-state index contributed by atoms with van der Waals surface area (Å²) < 4.78 is 28.1. The third-order valence-electron chi connectivity index (χ3n) is 5.18. The van der Waals surface area contributed by atoms with Gasteiger partial charge in [0.25, 0.3) is 10.0 Å². The average molecular weight is 484 g/mol. The minimum absolute atomic E-state index is 0.0145. The van der Waals surface area contributed by atoms with Gasteiger partial charge in [0, 0.05) is 29.1 Å². The Morgan fingerprint density at radius 1 is 1.15 bits per heavy atom. The van der Waals surface area contributed by atoms with Crippen LogP contribution in [0.2, 0.25) is 0 Å². The summed E-state index contributed by atoms with van der Waals surface area (Å²) in [4.78, 5) is 15.4. The summed E-state index contributed by atoms with van der Waals surface area (Å²) in [6.07, 6.45) is 1.51. The number of thiophene rings is 1. The van der Waals surface area contributed by atoms with E-state index in [1.165, 1.54) is 6.07 Å². The van der Waals surface area contributed by atoms with Crippen LogP contribution in [0, 0.1) is 18.8 Å². The third-order valence-corrected chi connectivity index (χ3v) is 8.14. The van der Waals surface area contributed by atoms with Gasteiger partial charge in [-0.3, -0.25) is 4.79 Å². The van der Waals surface area contributed by atoms with Crippen LogP contribution in [-0.2, 0) is 21.2 Å². The van der Waals surface area contributed by atoms with Gasteiger partial charge in [-0.1, -0.05) is 52.6 Å². The largest absolute Gasteiger partial charge is 0.480 e. The maximum absolute atomic E-state index is 12.9. The smallest absolute Gasteiger partial charge is 0.322 e. The van der Waals surface area contributed by atoms with E-state index in [-0.39, 0.29) is 10.6 Å². The van der Waals surface area contributed by atoms with Crippen molar-refractivity contribution in [2.45, 2.75) is 23.6 Å². The number of sulfonamides is 1. The van der Waals surface area contributed by atoms with Gasteiger partial charge >= 0.3 is 5.97 Å². The summed E-state index contributed by atoms with van der Waals surface area (Å²) in [5.74, 6) is 4.64. The Bertz CT molecular complexity index is 1550. The van der Waals surface area contributed by atoms with Crippen LogP contribution in [-0.4, -0.2) is 46.2 Å². The van der Waals surface area contributed by atoms with E-state index in [0.29, 0.717) is 32.3 Å². The fourth-order valence-electron chi connectivity index (χ4n) is 3.46. The van der Waals surface area contributed by atoms with Gasteiger partial charge in [0.2, 0.25) is 0 Å². The van der Waals surface area contributed by atoms with Crippen molar-refractivity contribution in [2.24, 2.45) is 0 Å². The van der Waals surface area contributed by atoms with Gasteiger partial charge < -0.3 is 10.1 Å². The highest BCUT2D eigenvalue weighted by Gasteiger charge is 2.27. The Hall–Kier alpha value is -3.25. The lowest BCUT2D eigenvalue weighted by Gasteiger charge is -2.14. The molecule has 6 nitrogen and oxygen atoms in total. The molecule has 2 heterocycles. The highest BCUT2D eigenvalue weighted by molar-refractivity contribution is 7.91. The van der Waals surface area contributed by atoms with E-state index in [9.17, 15) is 18.3 Å². The van der Waals surface area contributed by atoms with Gasteiger partial charge in [0.1, 0.15) is 25.9 Å². The van der Waals surface area contributed by atoms with Crippen molar-refractivity contribution < 1.29 is 18.3 Å². The number of carboxylic acid groups (broad SMARTS) is 1. The number of hydrogen-bond acceptors (Lipinski definition) is 4. The fraction of sp³-hybridized carbons (Fsp3) is 0.125. The first-order valence-electron chi connectivity index (χ1n) is 10.2. The van der Waals surface area contributed by atoms with Gasteiger partial charge in [-0.2, -0.15) is 4.72 Å². The van der Waals surface area contributed by atoms with Crippen molar-refractivity contribution in [2.75, 3.05) is 0 Å². The van der Waals surface area contributed by atoms with Crippen molar-refractivity contribution in [3.8, 4) is 11.8 Å². The molecule has 2 aromatic heterocycles. The molecule has 0 aliphatic carbocycles. The van der Waals surface area contributed by atoms with E-state index < -0.39 is 22.0 Å². The summed E-state index contributed by atoms with van der Waals surface area (Å²) in [5.41, 5.74) is 3.98. The second-order valence-electron chi connectivity index (χ2n) is 7.80. The SMILES string of the molecule is [B]c1cc([B])c2[nH]cc(C[C@@H](NS(=O)(=O)c3ccc(C#Cc4ccc(C)cc4)s3)C(=O)O)c2c1. The van der Waals surface area contributed by atoms with E-state index in [1.54, 1.807) is 24.4 Å². The number of hydrogen-bond donors (Lipinski definition) is 3. The van der Waals surface area contributed by atoms with Crippen LogP contribution in [0.5, 0.6) is 0 Å². The summed E-state index contributed by atoms with van der Waals surface area (Å²) in [6, 6.07) is 12.5. The monoisotopic (exact) mass is 484 g/mol. The molecule has 0 saturated heterocycles. The summed E-state index contributed by atoms with van der Waals surface area (Å²) in [7, 11) is 7.74. The first-order valence-corrected chi connectivity index (χ1v) is 12.5. The molecule has 34 heavy (non-hydrogen) atoms. The molecular formula is C24H18B2N2O4S2. The maximum Gasteiger partial charge on any atom is 0.322 e. The molecule has 4 aromatic rings. The van der Waals surface area contributed by atoms with Crippen LogP contribution in [0.3, 0.4) is 0 Å². The zero-order chi connectivity index (χ0) is 24.5. The molecule has 0 saturated carbocycles. The number of H-pyrrole nitrogens is 1. The summed E-state index contributed by atoms with van der Waals surface area (Å²) >= 11 is 0.974. The normalized spacial score (nSPS) is 12.3. The molecule has 0 aliphatic heterocycles. The number of aliphatic carboxylic acids is 1. The number of nitrogens with one attached hydrogen (secondary N) is 2. The van der Waals surface area contributed by atoms with Crippen molar-refractivity contribution in [1.82, 2.24) is 9.71 Å². The Balaban J connectivity index is 1.54. The van der Waals surface area contributed by atoms with Gasteiger partial charge in [-0.05, 0) is 36.8 Å². The van der Waals surface area contributed by atoms with E-state index in [1.807, 2.05) is 31.2 Å². The highest BCUT2D eigenvalue weighted by Crippen LogP contribution is 2.23. The second-order valence-corrected chi connectivity index (χ2v) is 10.8. The minimum Gasteiger partial charge on any atom is -0.480 e. The van der Waals surface area contributed by atoms with E-state index in [0.717, 1.165) is 22.5 Å². The average Bonchev–Trinajstić information content (AvgIpc) is 3.41. The van der Waals surface area contributed by atoms with Crippen molar-refractivity contribution >= 4 is 64.9 Å². The molecule has 0 fully saturated rings. The summed E-state index contributed by atoms with van der Waals surface area (Å²) in [5, 5.41) is 10.3. The number of rotatable bonds is 6. The van der Waals surface area contributed by atoms with Crippen LogP contribution in [0.15, 0.2) is 58.9 Å². The first kappa shape index (κ1) is 23.9. The minimum atomic E-state index is -4.08. The molecule has 0 aliphatic rings. The predicted molar refractivity (Wildman–Crippen MR) is 136 cm³/mol. The quantitative estimate of drug-likeness (QED) is 0.286. The summed E-state index contributed by atoms with van der Waals surface area (Å²) in [6.45, 7) is 1.98. The molecule has 0 unspecified atom stereocenters. The molecule has 10 heteroatoms. The van der Waals surface area contributed by atoms with Crippen molar-refractivity contribution in [3.05, 3.63) is 76.3 Å². The lowest BCUT2D eigenvalue weighted by molar-refractivity contribution is -0.138. The molecule has 0 bridgehead atoms. The zero-order valence-corrected chi connectivity index (χ0v) is 19.8. The molecule has 2 aromatic carbocycles. The van der Waals surface area contributed by atoms with Crippen LogP contribution < -0.4 is 15.6 Å². The van der Waals surface area contributed by atoms with Gasteiger partial charge in [0.05, 0.1) is 4.88 Å². The molecule has 1 atom stereocenters. The lowest BCUT2D eigenvalue weighted by Crippen LogP contribution is -2.42. The van der Waals surface area contributed by atoms with Crippen LogP contribution in [0.1, 0.15) is 21.6 Å². The Morgan fingerprint density at radius 3 is 2.59 bits per heavy atom. The third kappa shape index (κ3) is 5.28. The maximum atomic E-state index is 12.9. The number of carbonyl (C=O) groups is 1. The van der Waals surface area contributed by atoms with Crippen molar-refractivity contribution in [1.29, 1.82) is 0 Å². The number of fused-ring (bicyclic) bond motifs is 1. The predicted octanol–water partition coefficient (Wildman–Crippen LogP) is 1.50. The van der Waals surface area contributed by atoms with Crippen molar-refractivity contribution in [3.63, 3.8) is 0 Å². The fourth-order valence-corrected chi connectivity index (χ4v) is 5.82. The first-order chi connectivity index (χ1) is 16.1. The number of benzene rings is 2. The van der Waals surface area contributed by atoms with E-state index in [4.69, 9.17) is 15.7 Å². The molecule has 4 rings (SSSR count). The Morgan fingerprint density at radius 2 is 1.88 bits per heavy atom. The van der Waals surface area contributed by atoms with Crippen LogP contribution in [0.4, 0.5) is 0 Å². The standard InChI is InChI=1S/C24H18B2N2O4S2/c1-14-2-4-15(5-3-14)6-7-18-8-9-22(33-18)34(31,32)28-21(24(29)30)10-16-13-27-23-19(16)11-17(25)12-20(23)26/h2-5,8-9,11-13,21,27-28H,10H2,1H3,(H,29,30)/t21-/m1/s1. The molecule has 166 valence electrons. The molecular weight excluding hydrogens is 466 g/mol. The van der Waals surface area contributed by atoms with E-state index in [2.05, 4.69) is 21.5 Å². The Labute approximate surface area is 204 Å². The highest BCUT2D eigenvalue weighted by atomic mass is 32.2. The molecule has 0 amide bonds. The number of aromatic nitrogens is 1. The van der Waals surface area contributed by atoms with Gasteiger partial charge in [-0.15, -0.1) is 11.3 Å². The zero-order valence-electron chi connectivity index (χ0n) is 18.1. The number of carboxylic acids is 1. The molecule has 0 spiro atoms. The second kappa shape index (κ2) is 9.55. The van der Waals surface area contributed by atoms with E-state index >= 15 is 0 Å².